The zero-order valence-corrected chi connectivity index (χ0v) is 18.3. The Balaban J connectivity index is 1.53. The fourth-order valence-corrected chi connectivity index (χ4v) is 3.88. The summed E-state index contributed by atoms with van der Waals surface area (Å²) in [7, 11) is 0. The van der Waals surface area contributed by atoms with Crippen molar-refractivity contribution in [3.8, 4) is 28.3 Å². The maximum absolute atomic E-state index is 15.0. The average Bonchev–Trinajstić information content (AvgIpc) is 3.16. The van der Waals surface area contributed by atoms with Gasteiger partial charge >= 0.3 is 6.05 Å². The molecule has 5 rings (SSSR count). The van der Waals surface area contributed by atoms with Crippen molar-refractivity contribution in [1.82, 2.24) is 9.55 Å². The number of carbonyl (C=O) groups is 1. The molecule has 7 nitrogen and oxygen atoms in total. The number of ether oxygens (including phenoxy) is 1. The minimum Gasteiger partial charge on any atom is -0.454 e. The number of alkyl halides is 2. The second-order valence-electron chi connectivity index (χ2n) is 8.05. The summed E-state index contributed by atoms with van der Waals surface area (Å²) in [5.41, 5.74) is 5.05. The number of pyridine rings is 2. The highest BCUT2D eigenvalue weighted by Gasteiger charge is 2.39. The molecule has 2 aromatic carbocycles. The number of nitrogens with one attached hydrogen (secondary N) is 1. The van der Waals surface area contributed by atoms with E-state index in [1.807, 2.05) is 5.32 Å². The summed E-state index contributed by atoms with van der Waals surface area (Å²) in [6, 6.07) is 7.00. The SMILES string of the molecule is NC(=O)c1cn(-c2ccc(Oc3ccnc4c3CC(F)(F)N4)c(F)c2)cc(-c2ccc(F)cc2)c1=O. The number of hydrogen-bond donors (Lipinski definition) is 2. The second kappa shape index (κ2) is 8.52. The van der Waals surface area contributed by atoms with E-state index in [-0.39, 0.29) is 39.7 Å². The summed E-state index contributed by atoms with van der Waals surface area (Å²) in [6.45, 7) is 0. The Morgan fingerprint density at radius 1 is 1.06 bits per heavy atom. The van der Waals surface area contributed by atoms with Crippen LogP contribution in [0, 0.1) is 11.6 Å². The van der Waals surface area contributed by atoms with Crippen LogP contribution in [0.25, 0.3) is 16.8 Å². The van der Waals surface area contributed by atoms with Crippen LogP contribution >= 0.6 is 0 Å². The molecule has 0 bridgehead atoms. The number of carbonyl (C=O) groups excluding carboxylic acids is 1. The van der Waals surface area contributed by atoms with Gasteiger partial charge in [0.25, 0.3) is 5.91 Å². The molecule has 1 aliphatic heterocycles. The lowest BCUT2D eigenvalue weighted by atomic mass is 10.0. The molecule has 0 saturated carbocycles. The van der Waals surface area contributed by atoms with Crippen molar-refractivity contribution < 1.29 is 27.1 Å². The molecule has 0 atom stereocenters. The number of halogens is 4. The smallest absolute Gasteiger partial charge is 0.328 e. The van der Waals surface area contributed by atoms with Gasteiger partial charge in [0.1, 0.15) is 22.9 Å². The predicted molar refractivity (Wildman–Crippen MR) is 122 cm³/mol. The van der Waals surface area contributed by atoms with Crippen LogP contribution in [0.2, 0.25) is 0 Å². The summed E-state index contributed by atoms with van der Waals surface area (Å²) >= 11 is 0. The van der Waals surface area contributed by atoms with Crippen molar-refractivity contribution in [2.45, 2.75) is 12.5 Å². The zero-order valence-electron chi connectivity index (χ0n) is 18.3. The van der Waals surface area contributed by atoms with E-state index in [0.29, 0.717) is 5.56 Å². The van der Waals surface area contributed by atoms with Crippen molar-refractivity contribution >= 4 is 11.7 Å². The fourth-order valence-electron chi connectivity index (χ4n) is 3.88. The topological polar surface area (TPSA) is 99.2 Å². The molecule has 0 unspecified atom stereocenters. The molecule has 36 heavy (non-hydrogen) atoms. The van der Waals surface area contributed by atoms with Crippen LogP contribution in [0.4, 0.5) is 23.4 Å². The number of nitrogens with two attached hydrogens (primary N) is 1. The molecule has 11 heteroatoms. The minimum absolute atomic E-state index is 0.0225. The first-order chi connectivity index (χ1) is 17.1. The lowest BCUT2D eigenvalue weighted by molar-refractivity contribution is 0.0405. The quantitative estimate of drug-likeness (QED) is 0.310. The lowest BCUT2D eigenvalue weighted by Crippen LogP contribution is -2.24. The summed E-state index contributed by atoms with van der Waals surface area (Å²) in [4.78, 5) is 28.5. The number of amides is 1. The van der Waals surface area contributed by atoms with Gasteiger partial charge in [-0.15, -0.1) is 0 Å². The van der Waals surface area contributed by atoms with Crippen LogP contribution in [0.5, 0.6) is 11.5 Å². The Morgan fingerprint density at radius 3 is 2.50 bits per heavy atom. The average molecular weight is 496 g/mol. The molecule has 4 aromatic rings. The van der Waals surface area contributed by atoms with Gasteiger partial charge in [0.2, 0.25) is 5.43 Å². The van der Waals surface area contributed by atoms with Crippen LogP contribution in [-0.2, 0) is 6.42 Å². The monoisotopic (exact) mass is 496 g/mol. The first-order valence-corrected chi connectivity index (χ1v) is 10.5. The van der Waals surface area contributed by atoms with Crippen molar-refractivity contribution in [2.24, 2.45) is 5.73 Å². The molecule has 0 aliphatic carbocycles. The number of fused-ring (bicyclic) bond motifs is 1. The molecule has 1 amide bonds. The molecule has 2 aromatic heterocycles. The van der Waals surface area contributed by atoms with E-state index in [9.17, 15) is 22.8 Å². The number of hydrogen-bond acceptors (Lipinski definition) is 5. The molecule has 182 valence electrons. The summed E-state index contributed by atoms with van der Waals surface area (Å²) in [6.07, 6.45) is 3.12. The second-order valence-corrected chi connectivity index (χ2v) is 8.05. The van der Waals surface area contributed by atoms with E-state index >= 15 is 4.39 Å². The zero-order chi connectivity index (χ0) is 25.6. The van der Waals surface area contributed by atoms with Crippen LogP contribution in [0.1, 0.15) is 15.9 Å². The van der Waals surface area contributed by atoms with Gasteiger partial charge in [0.15, 0.2) is 11.6 Å². The number of aromatic nitrogens is 2. The van der Waals surface area contributed by atoms with Gasteiger partial charge in [0.05, 0.1) is 6.42 Å². The van der Waals surface area contributed by atoms with Crippen molar-refractivity contribution in [3.63, 3.8) is 0 Å². The maximum Gasteiger partial charge on any atom is 0.328 e. The molecule has 0 saturated heterocycles. The summed E-state index contributed by atoms with van der Waals surface area (Å²) in [5.74, 6) is -2.60. The lowest BCUT2D eigenvalue weighted by Gasteiger charge is -2.14. The Bertz CT molecular complexity index is 1570. The molecule has 1 aliphatic rings. The molecule has 3 N–H and O–H groups in total. The van der Waals surface area contributed by atoms with Crippen LogP contribution in [0.3, 0.4) is 0 Å². The fraction of sp³-hybridized carbons (Fsp3) is 0.0800. The highest BCUT2D eigenvalue weighted by Crippen LogP contribution is 2.40. The molecular weight excluding hydrogens is 480 g/mol. The third-order valence-corrected chi connectivity index (χ3v) is 5.59. The standard InChI is InChI=1S/C25H16F4N4O3/c26-14-3-1-13(2-4-14)17-11-33(12-18(22(17)34)23(30)35)15-5-6-21(19(27)9-15)36-20-7-8-31-24-16(20)10-25(28,29)32-24/h1-9,11-12H,10H2,(H2,30,35)(H,31,32). The van der Waals surface area contributed by atoms with Crippen LogP contribution in [-0.4, -0.2) is 21.5 Å². The van der Waals surface area contributed by atoms with E-state index in [2.05, 4.69) is 4.98 Å². The van der Waals surface area contributed by atoms with Crippen LogP contribution < -0.4 is 21.2 Å². The van der Waals surface area contributed by atoms with Gasteiger partial charge < -0.3 is 20.4 Å². The van der Waals surface area contributed by atoms with Crippen LogP contribution in [0.15, 0.2) is 71.9 Å². The van der Waals surface area contributed by atoms with Crippen molar-refractivity contribution in [2.75, 3.05) is 5.32 Å². The van der Waals surface area contributed by atoms with E-state index < -0.39 is 35.4 Å². The van der Waals surface area contributed by atoms with Gasteiger partial charge in [-0.1, -0.05) is 12.1 Å². The summed E-state index contributed by atoms with van der Waals surface area (Å²) in [5, 5.41) is 1.98. The Morgan fingerprint density at radius 2 is 1.81 bits per heavy atom. The van der Waals surface area contributed by atoms with Gasteiger partial charge in [-0.25, -0.2) is 13.8 Å². The molecule has 0 spiro atoms. The van der Waals surface area contributed by atoms with Gasteiger partial charge in [-0.2, -0.15) is 8.78 Å². The van der Waals surface area contributed by atoms with E-state index in [4.69, 9.17) is 10.5 Å². The summed E-state index contributed by atoms with van der Waals surface area (Å²) < 4.78 is 62.7. The Hall–Kier alpha value is -4.67. The first kappa shape index (κ1) is 23.1. The van der Waals surface area contributed by atoms with E-state index in [1.165, 1.54) is 47.3 Å². The number of anilines is 1. The highest BCUT2D eigenvalue weighted by atomic mass is 19.3. The van der Waals surface area contributed by atoms with Crippen molar-refractivity contribution in [3.05, 3.63) is 100 Å². The Labute approximate surface area is 200 Å². The molecule has 3 heterocycles. The first-order valence-electron chi connectivity index (χ1n) is 10.5. The molecule has 0 fully saturated rings. The number of nitrogens with zero attached hydrogens (tertiary/aromatic N) is 2. The van der Waals surface area contributed by atoms with Gasteiger partial charge in [-0.05, 0) is 35.9 Å². The van der Waals surface area contributed by atoms with E-state index in [1.54, 1.807) is 0 Å². The number of benzene rings is 2. The third kappa shape index (κ3) is 4.26. The van der Waals surface area contributed by atoms with Crippen molar-refractivity contribution in [1.29, 1.82) is 0 Å². The molecule has 0 radical (unpaired) electrons. The third-order valence-electron chi connectivity index (χ3n) is 5.59. The van der Waals surface area contributed by atoms with Gasteiger partial charge in [-0.3, -0.25) is 9.59 Å². The van der Waals surface area contributed by atoms with Gasteiger partial charge in [0, 0.05) is 41.5 Å². The Kier molecular flexibility index (Phi) is 5.47. The normalized spacial score (nSPS) is 13.7. The number of primary amides is 1. The number of rotatable bonds is 5. The highest BCUT2D eigenvalue weighted by molar-refractivity contribution is 5.93. The minimum atomic E-state index is -3.19. The van der Waals surface area contributed by atoms with E-state index in [0.717, 1.165) is 24.4 Å². The maximum atomic E-state index is 15.0. The molecular formula is C25H16F4N4O3. The predicted octanol–water partition coefficient (Wildman–Crippen LogP) is 4.63. The largest absolute Gasteiger partial charge is 0.454 e.